The highest BCUT2D eigenvalue weighted by atomic mass is 16.5. The average molecular weight is 949 g/mol. The maximum Gasteiger partial charge on any atom is 0.339 e. The number of aliphatic imine (C=N–C) groups is 2. The molecule has 0 amide bonds. The van der Waals surface area contributed by atoms with Crippen molar-refractivity contribution in [1.82, 2.24) is 0 Å². The molecular formula is C62H80N2O6. The molecule has 0 saturated heterocycles. The molecule has 0 fully saturated rings. The van der Waals surface area contributed by atoms with Crippen molar-refractivity contribution in [3.05, 3.63) is 155 Å². The molecule has 8 nitrogen and oxygen atoms in total. The van der Waals surface area contributed by atoms with E-state index in [1.807, 2.05) is 61.0 Å². The van der Waals surface area contributed by atoms with Gasteiger partial charge in [-0.25, -0.2) is 9.59 Å². The zero-order valence-electron chi connectivity index (χ0n) is 42.4. The predicted molar refractivity (Wildman–Crippen MR) is 289 cm³/mol. The zero-order valence-corrected chi connectivity index (χ0v) is 42.4. The number of unbranched alkanes of at least 4 members (excludes halogenated alkanes) is 16. The first-order valence-corrected chi connectivity index (χ1v) is 26.7. The predicted octanol–water partition coefficient (Wildman–Crippen LogP) is 16.6. The van der Waals surface area contributed by atoms with Gasteiger partial charge >= 0.3 is 11.9 Å². The van der Waals surface area contributed by atoms with Crippen molar-refractivity contribution in [3.8, 4) is 11.5 Å². The number of esters is 2. The highest BCUT2D eigenvalue weighted by Gasteiger charge is 2.19. The number of benzene rings is 5. The molecule has 0 N–H and O–H groups in total. The maximum absolute atomic E-state index is 13.0. The molecule has 0 aliphatic rings. The van der Waals surface area contributed by atoms with Crippen LogP contribution in [-0.2, 0) is 22.3 Å². The van der Waals surface area contributed by atoms with Crippen LogP contribution in [0.1, 0.15) is 185 Å². The number of carbonyl (C=O) groups is 2. The van der Waals surface area contributed by atoms with Crippen LogP contribution in [0.25, 0.3) is 0 Å². The average Bonchev–Trinajstić information content (AvgIpc) is 3.40. The van der Waals surface area contributed by atoms with Crippen molar-refractivity contribution in [2.45, 2.75) is 155 Å². The lowest BCUT2D eigenvalue weighted by molar-refractivity contribution is 0.0447. The number of hydrogen-bond acceptors (Lipinski definition) is 8. The Morgan fingerprint density at radius 2 is 0.729 bits per heavy atom. The summed E-state index contributed by atoms with van der Waals surface area (Å²) in [6, 6.07) is 39.4. The first-order valence-electron chi connectivity index (χ1n) is 26.7. The fourth-order valence-electron chi connectivity index (χ4n) is 8.13. The molecule has 5 rings (SSSR count). The first-order chi connectivity index (χ1) is 34.5. The van der Waals surface area contributed by atoms with E-state index in [9.17, 15) is 9.59 Å². The van der Waals surface area contributed by atoms with E-state index in [2.05, 4.69) is 72.4 Å². The summed E-state index contributed by atoms with van der Waals surface area (Å²) in [5, 5.41) is 0. The van der Waals surface area contributed by atoms with Crippen LogP contribution < -0.4 is 9.47 Å². The number of ether oxygens (including phenoxy) is 4. The Morgan fingerprint density at radius 1 is 0.386 bits per heavy atom. The minimum absolute atomic E-state index is 0.192. The fourth-order valence-corrected chi connectivity index (χ4v) is 8.13. The van der Waals surface area contributed by atoms with Gasteiger partial charge in [0.25, 0.3) is 0 Å². The lowest BCUT2D eigenvalue weighted by Crippen LogP contribution is -2.15. The SMILES string of the molecule is CCCCCCCCCCc1ccc(N=Cc2ccc(OCCCCOC(=O)c3ccccc3C(=O)OCCCCOc3ccc(C=Nc4ccc(CCCCCCCCCC)cc4)cc3)cc2)cc1. The lowest BCUT2D eigenvalue weighted by Gasteiger charge is -2.10. The molecule has 0 aliphatic carbocycles. The van der Waals surface area contributed by atoms with Gasteiger partial charge in [-0.3, -0.25) is 9.98 Å². The van der Waals surface area contributed by atoms with E-state index >= 15 is 0 Å². The normalized spacial score (nSPS) is 11.3. The minimum Gasteiger partial charge on any atom is -0.494 e. The second kappa shape index (κ2) is 34.3. The van der Waals surface area contributed by atoms with Gasteiger partial charge in [0.15, 0.2) is 0 Å². The molecule has 0 radical (unpaired) electrons. The third-order valence-corrected chi connectivity index (χ3v) is 12.4. The van der Waals surface area contributed by atoms with Crippen LogP contribution >= 0.6 is 0 Å². The highest BCUT2D eigenvalue weighted by Crippen LogP contribution is 2.20. The summed E-state index contributed by atoms with van der Waals surface area (Å²) in [5.41, 5.74) is 7.01. The molecule has 70 heavy (non-hydrogen) atoms. The molecular weight excluding hydrogens is 869 g/mol. The van der Waals surface area contributed by atoms with Gasteiger partial charge in [-0.2, -0.15) is 0 Å². The first kappa shape index (κ1) is 54.9. The van der Waals surface area contributed by atoms with E-state index in [0.29, 0.717) is 38.9 Å². The molecule has 0 atom stereocenters. The lowest BCUT2D eigenvalue weighted by atomic mass is 10.0. The summed E-state index contributed by atoms with van der Waals surface area (Å²) in [7, 11) is 0. The summed E-state index contributed by atoms with van der Waals surface area (Å²) in [4.78, 5) is 35.2. The standard InChI is InChI=1S/C62H80N2O6/c1-3-5-7-9-11-13-15-17-25-51-29-37-55(38-30-51)63-49-53-33-41-57(42-34-53)67-45-21-23-47-69-61(65)59-27-19-20-28-60(59)62(66)70-48-24-22-46-68-58-43-35-54(36-44-58)50-64-56-39-31-52(32-40-56)26-18-16-14-12-10-8-6-4-2/h19-20,27-44,49-50H,3-18,21-26,45-48H2,1-2H3. The smallest absolute Gasteiger partial charge is 0.339 e. The second-order valence-electron chi connectivity index (χ2n) is 18.4. The molecule has 0 bridgehead atoms. The maximum atomic E-state index is 13.0. The summed E-state index contributed by atoms with van der Waals surface area (Å²) >= 11 is 0. The van der Waals surface area contributed by atoms with Gasteiger partial charge in [-0.15, -0.1) is 0 Å². The van der Waals surface area contributed by atoms with Crippen molar-refractivity contribution in [3.63, 3.8) is 0 Å². The zero-order chi connectivity index (χ0) is 49.1. The Bertz CT molecular complexity index is 2070. The van der Waals surface area contributed by atoms with E-state index in [-0.39, 0.29) is 24.3 Å². The van der Waals surface area contributed by atoms with Gasteiger partial charge in [0.2, 0.25) is 0 Å². The minimum atomic E-state index is -0.551. The van der Waals surface area contributed by atoms with Gasteiger partial charge in [0.05, 0.1) is 48.9 Å². The van der Waals surface area contributed by atoms with E-state index in [1.54, 1.807) is 24.3 Å². The van der Waals surface area contributed by atoms with E-state index in [0.717, 1.165) is 46.8 Å². The van der Waals surface area contributed by atoms with Gasteiger partial charge < -0.3 is 18.9 Å². The van der Waals surface area contributed by atoms with Crippen molar-refractivity contribution >= 4 is 35.7 Å². The number of rotatable bonds is 36. The third kappa shape index (κ3) is 22.6. The Labute approximate surface area is 420 Å². The molecule has 0 aromatic heterocycles. The number of carbonyl (C=O) groups excluding carboxylic acids is 2. The highest BCUT2D eigenvalue weighted by molar-refractivity contribution is 6.03. The third-order valence-electron chi connectivity index (χ3n) is 12.4. The van der Waals surface area contributed by atoms with Crippen LogP contribution in [0.5, 0.6) is 11.5 Å². The molecule has 5 aromatic carbocycles. The summed E-state index contributed by atoms with van der Waals surface area (Å²) in [6.45, 7) is 5.93. The summed E-state index contributed by atoms with van der Waals surface area (Å²) < 4.78 is 22.9. The number of aryl methyl sites for hydroxylation is 2. The monoisotopic (exact) mass is 949 g/mol. The van der Waals surface area contributed by atoms with E-state index < -0.39 is 11.9 Å². The van der Waals surface area contributed by atoms with Crippen molar-refractivity contribution < 1.29 is 28.5 Å². The van der Waals surface area contributed by atoms with Crippen molar-refractivity contribution in [2.24, 2.45) is 9.98 Å². The molecule has 0 spiro atoms. The van der Waals surface area contributed by atoms with E-state index in [4.69, 9.17) is 18.9 Å². The molecule has 0 heterocycles. The van der Waals surface area contributed by atoms with Gasteiger partial charge in [0.1, 0.15) is 11.5 Å². The Kier molecular flexibility index (Phi) is 26.9. The summed E-state index contributed by atoms with van der Waals surface area (Å²) in [6.07, 6.45) is 30.0. The quantitative estimate of drug-likeness (QED) is 0.0225. The van der Waals surface area contributed by atoms with Crippen molar-refractivity contribution in [2.75, 3.05) is 26.4 Å². The topological polar surface area (TPSA) is 95.8 Å². The van der Waals surface area contributed by atoms with Crippen LogP contribution in [0.15, 0.2) is 131 Å². The molecule has 0 unspecified atom stereocenters. The molecule has 8 heteroatoms. The van der Waals surface area contributed by atoms with Crippen LogP contribution in [0.2, 0.25) is 0 Å². The molecule has 374 valence electrons. The van der Waals surface area contributed by atoms with Crippen LogP contribution in [0.3, 0.4) is 0 Å². The molecule has 0 aliphatic heterocycles. The van der Waals surface area contributed by atoms with Gasteiger partial charge in [0, 0.05) is 12.4 Å². The van der Waals surface area contributed by atoms with E-state index in [1.165, 1.54) is 114 Å². The van der Waals surface area contributed by atoms with Crippen LogP contribution in [0.4, 0.5) is 11.4 Å². The van der Waals surface area contributed by atoms with Crippen molar-refractivity contribution in [1.29, 1.82) is 0 Å². The Balaban J connectivity index is 0.888. The molecule has 0 saturated carbocycles. The van der Waals surface area contributed by atoms with Gasteiger partial charge in [-0.1, -0.05) is 140 Å². The Morgan fingerprint density at radius 3 is 1.10 bits per heavy atom. The number of hydrogen-bond donors (Lipinski definition) is 0. The second-order valence-corrected chi connectivity index (χ2v) is 18.4. The summed E-state index contributed by atoms with van der Waals surface area (Å²) in [5.74, 6) is 0.438. The largest absolute Gasteiger partial charge is 0.494 e. The van der Waals surface area contributed by atoms with Crippen LogP contribution in [0, 0.1) is 0 Å². The van der Waals surface area contributed by atoms with Gasteiger partial charge in [-0.05, 0) is 159 Å². The fraction of sp³-hybridized carbons (Fsp3) is 0.452. The van der Waals surface area contributed by atoms with Crippen LogP contribution in [-0.4, -0.2) is 50.8 Å². The number of nitrogens with zero attached hydrogens (tertiary/aromatic N) is 2. The molecule has 5 aromatic rings. The Hall–Kier alpha value is -6.02.